The first-order chi connectivity index (χ1) is 12.6. The van der Waals surface area contributed by atoms with E-state index in [-0.39, 0.29) is 5.82 Å². The predicted molar refractivity (Wildman–Crippen MR) is 102 cm³/mol. The molecule has 0 saturated carbocycles. The van der Waals surface area contributed by atoms with Crippen LogP contribution in [0.15, 0.2) is 58.1 Å². The zero-order valence-electron chi connectivity index (χ0n) is 14.5. The Bertz CT molecular complexity index is 1010. The molecule has 3 aromatic rings. The summed E-state index contributed by atoms with van der Waals surface area (Å²) in [6.45, 7) is 4.35. The van der Waals surface area contributed by atoms with Crippen LogP contribution in [0.4, 0.5) is 15.8 Å². The number of hydrogen-bond acceptors (Lipinski definition) is 4. The predicted octanol–water partition coefficient (Wildman–Crippen LogP) is 2.72. The maximum atomic E-state index is 14.0. The third-order valence-electron chi connectivity index (χ3n) is 5.01. The summed E-state index contributed by atoms with van der Waals surface area (Å²) in [6.07, 6.45) is 0. The largest absolute Gasteiger partial charge is 0.366 e. The van der Waals surface area contributed by atoms with Crippen molar-refractivity contribution in [1.29, 1.82) is 0 Å². The topological polar surface area (TPSA) is 40.6 Å². The quantitative estimate of drug-likeness (QED) is 0.681. The van der Waals surface area contributed by atoms with Crippen molar-refractivity contribution in [3.63, 3.8) is 0 Å². The summed E-state index contributed by atoms with van der Waals surface area (Å²) in [5.74, 6) is -0.240. The van der Waals surface area contributed by atoms with E-state index in [0.717, 1.165) is 11.1 Å². The zero-order valence-corrected chi connectivity index (χ0v) is 14.5. The minimum absolute atomic E-state index is 0.240. The Labute approximate surface area is 150 Å². The van der Waals surface area contributed by atoms with Crippen LogP contribution in [0.5, 0.6) is 0 Å². The molecule has 1 aliphatic heterocycles. The lowest BCUT2D eigenvalue weighted by Crippen LogP contribution is -2.51. The molecule has 0 atom stereocenters. The average Bonchev–Trinajstić information content (AvgIpc) is 2.67. The summed E-state index contributed by atoms with van der Waals surface area (Å²) in [7, 11) is 0. The van der Waals surface area contributed by atoms with Crippen LogP contribution in [-0.2, 0) is 0 Å². The number of benzene rings is 2. The molecule has 4 rings (SSSR count). The van der Waals surface area contributed by atoms with Gasteiger partial charge < -0.3 is 9.80 Å². The van der Waals surface area contributed by atoms with Crippen molar-refractivity contribution in [1.82, 2.24) is 0 Å². The van der Waals surface area contributed by atoms with Gasteiger partial charge >= 0.3 is 0 Å². The molecule has 132 valence electrons. The highest BCUT2D eigenvalue weighted by molar-refractivity contribution is 5.83. The molecule has 3 aromatic carbocycles. The van der Waals surface area contributed by atoms with Gasteiger partial charge in [-0.25, -0.2) is 4.39 Å². The van der Waals surface area contributed by atoms with E-state index in [0.29, 0.717) is 43.1 Å². The molecule has 1 aliphatic rings. The van der Waals surface area contributed by atoms with Gasteiger partial charge in [0.25, 0.3) is 0 Å². The number of hydrogen-bond donors (Lipinski definition) is 0. The van der Waals surface area contributed by atoms with Crippen molar-refractivity contribution in [3.05, 3.63) is 80.4 Å². The molecule has 0 aromatic heterocycles. The van der Waals surface area contributed by atoms with E-state index >= 15 is 0 Å². The monoisotopic (exact) mass is 350 g/mol. The van der Waals surface area contributed by atoms with E-state index in [1.807, 2.05) is 47.1 Å². The lowest BCUT2D eigenvalue weighted by molar-refractivity contribution is 0.597. The van der Waals surface area contributed by atoms with Crippen molar-refractivity contribution in [2.75, 3.05) is 36.0 Å². The summed E-state index contributed by atoms with van der Waals surface area (Å²) in [5, 5.41) is 0. The summed E-state index contributed by atoms with van der Waals surface area (Å²) in [4.78, 5) is 28.3. The molecule has 1 heterocycles. The van der Waals surface area contributed by atoms with Gasteiger partial charge in [0.2, 0.25) is 10.9 Å². The van der Waals surface area contributed by atoms with Crippen molar-refractivity contribution < 1.29 is 4.39 Å². The van der Waals surface area contributed by atoms with E-state index in [4.69, 9.17) is 0 Å². The number of halogens is 1. The third kappa shape index (κ3) is 2.69. The molecule has 0 unspecified atom stereocenters. The molecule has 0 spiro atoms. The van der Waals surface area contributed by atoms with Crippen LogP contribution >= 0.6 is 0 Å². The van der Waals surface area contributed by atoms with E-state index in [1.165, 1.54) is 6.07 Å². The molecule has 0 amide bonds. The number of rotatable bonds is 3. The lowest BCUT2D eigenvalue weighted by Gasteiger charge is -2.38. The maximum Gasteiger partial charge on any atom is 0.250 e. The van der Waals surface area contributed by atoms with Gasteiger partial charge in [0.15, 0.2) is 0 Å². The van der Waals surface area contributed by atoms with Crippen LogP contribution in [0.1, 0.15) is 5.56 Å². The number of nitrogens with zero attached hydrogens (tertiary/aromatic N) is 2. The van der Waals surface area contributed by atoms with Crippen LogP contribution in [-0.4, -0.2) is 26.2 Å². The normalized spacial score (nSPS) is 14.8. The van der Waals surface area contributed by atoms with E-state index < -0.39 is 10.9 Å². The number of piperazine rings is 1. The molecular formula is C21H19FN2O2. The standard InChI is InChI=1S/C21H19FN2O2/c1-14-6-8-15(9-7-14)18-19(21(26)20(18)25)24-12-10-23(11-13-24)17-5-3-2-4-16(17)22/h2-9H,10-13H2,1H3. The van der Waals surface area contributed by atoms with Gasteiger partial charge in [0.05, 0.1) is 11.3 Å². The summed E-state index contributed by atoms with van der Waals surface area (Å²) < 4.78 is 14.0. The second-order valence-corrected chi connectivity index (χ2v) is 6.67. The minimum atomic E-state index is -0.417. The molecule has 4 nitrogen and oxygen atoms in total. The molecule has 0 radical (unpaired) electrons. The Hall–Kier alpha value is -2.95. The molecular weight excluding hydrogens is 331 g/mol. The van der Waals surface area contributed by atoms with E-state index in [9.17, 15) is 14.0 Å². The van der Waals surface area contributed by atoms with Crippen LogP contribution in [0, 0.1) is 12.7 Å². The first-order valence-electron chi connectivity index (χ1n) is 8.71. The Kier molecular flexibility index (Phi) is 4.07. The molecule has 1 fully saturated rings. The lowest BCUT2D eigenvalue weighted by atomic mass is 9.96. The number of aryl methyl sites for hydroxylation is 1. The van der Waals surface area contributed by atoms with Crippen molar-refractivity contribution in [2.45, 2.75) is 6.92 Å². The summed E-state index contributed by atoms with van der Waals surface area (Å²) in [6, 6.07) is 14.3. The number of para-hydroxylation sites is 1. The van der Waals surface area contributed by atoms with Crippen molar-refractivity contribution in [2.24, 2.45) is 0 Å². The van der Waals surface area contributed by atoms with Gasteiger partial charge in [0.1, 0.15) is 11.5 Å². The maximum absolute atomic E-state index is 14.0. The van der Waals surface area contributed by atoms with Crippen molar-refractivity contribution >= 4 is 11.4 Å². The van der Waals surface area contributed by atoms with Gasteiger partial charge in [-0.1, -0.05) is 42.0 Å². The fraction of sp³-hybridized carbons (Fsp3) is 0.238. The highest BCUT2D eigenvalue weighted by Crippen LogP contribution is 2.29. The van der Waals surface area contributed by atoms with Gasteiger partial charge in [-0.3, -0.25) is 9.59 Å². The van der Waals surface area contributed by atoms with Gasteiger partial charge in [-0.15, -0.1) is 0 Å². The van der Waals surface area contributed by atoms with Gasteiger partial charge in [-0.2, -0.15) is 0 Å². The zero-order chi connectivity index (χ0) is 18.3. The summed E-state index contributed by atoms with van der Waals surface area (Å²) >= 11 is 0. The average molecular weight is 350 g/mol. The molecule has 0 N–H and O–H groups in total. The van der Waals surface area contributed by atoms with Crippen LogP contribution in [0.25, 0.3) is 11.1 Å². The fourth-order valence-electron chi connectivity index (χ4n) is 3.55. The first kappa shape index (κ1) is 16.5. The Balaban J connectivity index is 1.57. The second-order valence-electron chi connectivity index (χ2n) is 6.67. The SMILES string of the molecule is Cc1ccc(-c2c(N3CCN(c4ccccc4F)CC3)c(=O)c2=O)cc1. The van der Waals surface area contributed by atoms with Crippen LogP contribution in [0.3, 0.4) is 0 Å². The van der Waals surface area contributed by atoms with Gasteiger partial charge in [0, 0.05) is 26.2 Å². The van der Waals surface area contributed by atoms with Crippen LogP contribution < -0.4 is 20.7 Å². The summed E-state index contributed by atoms with van der Waals surface area (Å²) in [5.41, 5.74) is 2.65. The Morgan fingerprint density at radius 2 is 1.42 bits per heavy atom. The van der Waals surface area contributed by atoms with E-state index in [1.54, 1.807) is 12.1 Å². The fourth-order valence-corrected chi connectivity index (χ4v) is 3.55. The van der Waals surface area contributed by atoms with Crippen molar-refractivity contribution in [3.8, 4) is 11.1 Å². The molecule has 0 bridgehead atoms. The number of anilines is 2. The Morgan fingerprint density at radius 3 is 2.08 bits per heavy atom. The van der Waals surface area contributed by atoms with E-state index in [2.05, 4.69) is 0 Å². The molecule has 0 aliphatic carbocycles. The molecule has 5 heteroatoms. The second kappa shape index (κ2) is 6.41. The third-order valence-corrected chi connectivity index (χ3v) is 5.01. The highest BCUT2D eigenvalue weighted by Gasteiger charge is 2.29. The molecule has 26 heavy (non-hydrogen) atoms. The minimum Gasteiger partial charge on any atom is -0.366 e. The van der Waals surface area contributed by atoms with Gasteiger partial charge in [-0.05, 0) is 24.6 Å². The van der Waals surface area contributed by atoms with Crippen LogP contribution in [0.2, 0.25) is 0 Å². The first-order valence-corrected chi connectivity index (χ1v) is 8.71. The highest BCUT2D eigenvalue weighted by atomic mass is 19.1. The Morgan fingerprint density at radius 1 is 0.808 bits per heavy atom. The molecule has 1 saturated heterocycles. The smallest absolute Gasteiger partial charge is 0.250 e.